The Bertz CT molecular complexity index is 238. The monoisotopic (exact) mass is 265 g/mol. The third-order valence-corrected chi connectivity index (χ3v) is 6.14. The molecule has 16 heavy (non-hydrogen) atoms. The molecule has 0 radical (unpaired) electrons. The molecule has 96 valence electrons. The minimum absolute atomic E-state index is 0.458. The Morgan fingerprint density at radius 3 is 1.69 bits per heavy atom. The first kappa shape index (κ1) is 12.6. The molecule has 1 atom stereocenters. The average molecular weight is 265 g/mol. The molecule has 0 aromatic carbocycles. The van der Waals surface area contributed by atoms with Gasteiger partial charge in [-0.15, -0.1) is 0 Å². The highest BCUT2D eigenvalue weighted by Crippen LogP contribution is 2.11. The molecule has 6 nitrogen and oxygen atoms in total. The zero-order chi connectivity index (χ0) is 12.9. The Morgan fingerprint density at radius 2 is 1.38 bits per heavy atom. The van der Waals surface area contributed by atoms with Gasteiger partial charge in [0.15, 0.2) is 0 Å². The molecular formula is C8H24N4O2Si2. The van der Waals surface area contributed by atoms with E-state index in [4.69, 9.17) is 31.8 Å². The van der Waals surface area contributed by atoms with Crippen LogP contribution in [0, 0.1) is 0 Å². The normalized spacial score (nSPS) is 33.2. The highest BCUT2D eigenvalue weighted by atomic mass is 28.4. The van der Waals surface area contributed by atoms with E-state index < -0.39 is 23.9 Å². The lowest BCUT2D eigenvalue weighted by atomic mass is 10.4. The SMILES string of the molecule is N[Si]1(N)CCCCO1.[2H]C1CCC[Si](N)(N)O1. The zero-order valence-corrected chi connectivity index (χ0v) is 11.7. The van der Waals surface area contributed by atoms with E-state index in [1.165, 1.54) is 0 Å². The Hall–Kier alpha value is 0.194. The van der Waals surface area contributed by atoms with Crippen LogP contribution in [0.1, 0.15) is 27.1 Å². The average Bonchev–Trinajstić information content (AvgIpc) is 2.15. The Kier molecular flexibility index (Phi) is 4.91. The van der Waals surface area contributed by atoms with Crippen molar-refractivity contribution < 1.29 is 10.2 Å². The van der Waals surface area contributed by atoms with Crippen molar-refractivity contribution in [1.29, 1.82) is 0 Å². The summed E-state index contributed by atoms with van der Waals surface area (Å²) in [5, 5.41) is 22.2. The van der Waals surface area contributed by atoms with Crippen molar-refractivity contribution >= 4 is 17.3 Å². The minimum atomic E-state index is -2.34. The maximum absolute atomic E-state index is 7.18. The van der Waals surface area contributed by atoms with Gasteiger partial charge in [-0.25, -0.2) is 0 Å². The second-order valence-electron chi connectivity index (χ2n) is 4.39. The molecule has 8 N–H and O–H groups in total. The van der Waals surface area contributed by atoms with Crippen molar-refractivity contribution in [1.82, 2.24) is 0 Å². The molecule has 2 fully saturated rings. The molecule has 0 bridgehead atoms. The summed E-state index contributed by atoms with van der Waals surface area (Å²) in [7, 11) is -4.43. The molecular weight excluding hydrogens is 240 g/mol. The third kappa shape index (κ3) is 6.06. The summed E-state index contributed by atoms with van der Waals surface area (Å²) < 4.78 is 17.4. The van der Waals surface area contributed by atoms with Gasteiger partial charge < -0.3 is 30.4 Å². The van der Waals surface area contributed by atoms with Crippen LogP contribution in [-0.4, -0.2) is 30.5 Å². The molecule has 0 aromatic rings. The summed E-state index contributed by atoms with van der Waals surface area (Å²) in [5.74, 6) is 0. The van der Waals surface area contributed by atoms with Crippen molar-refractivity contribution in [2.75, 3.05) is 13.2 Å². The van der Waals surface area contributed by atoms with Crippen molar-refractivity contribution in [3.05, 3.63) is 0 Å². The maximum Gasteiger partial charge on any atom is 0.346 e. The van der Waals surface area contributed by atoms with Gasteiger partial charge in [-0.2, -0.15) is 0 Å². The molecule has 2 aliphatic heterocycles. The van der Waals surface area contributed by atoms with Crippen molar-refractivity contribution in [2.45, 2.75) is 37.8 Å². The van der Waals surface area contributed by atoms with Crippen LogP contribution in [0.5, 0.6) is 0 Å². The van der Waals surface area contributed by atoms with E-state index in [9.17, 15) is 0 Å². The van der Waals surface area contributed by atoms with Crippen LogP contribution >= 0.6 is 0 Å². The van der Waals surface area contributed by atoms with Gasteiger partial charge in [0.05, 0.1) is 1.37 Å². The summed E-state index contributed by atoms with van der Waals surface area (Å²) in [6, 6.07) is 1.72. The summed E-state index contributed by atoms with van der Waals surface area (Å²) in [4.78, 5) is 0. The third-order valence-electron chi connectivity index (χ3n) is 2.52. The van der Waals surface area contributed by atoms with Crippen LogP contribution in [0.2, 0.25) is 12.1 Å². The van der Waals surface area contributed by atoms with Crippen LogP contribution in [0.4, 0.5) is 0 Å². The summed E-state index contributed by atoms with van der Waals surface area (Å²) in [5.41, 5.74) is 0. The second kappa shape index (κ2) is 6.21. The molecule has 1 unspecified atom stereocenters. The van der Waals surface area contributed by atoms with Gasteiger partial charge in [0, 0.05) is 13.2 Å². The van der Waals surface area contributed by atoms with Gasteiger partial charge >= 0.3 is 17.3 Å². The fourth-order valence-electron chi connectivity index (χ4n) is 1.57. The lowest BCUT2D eigenvalue weighted by molar-refractivity contribution is 0.267. The van der Waals surface area contributed by atoms with Gasteiger partial charge in [0.2, 0.25) is 0 Å². The van der Waals surface area contributed by atoms with E-state index in [-0.39, 0.29) is 0 Å². The van der Waals surface area contributed by atoms with Crippen LogP contribution in [-0.2, 0) is 8.85 Å². The van der Waals surface area contributed by atoms with Crippen LogP contribution in [0.3, 0.4) is 0 Å². The van der Waals surface area contributed by atoms with E-state index in [2.05, 4.69) is 0 Å². The fourth-order valence-corrected chi connectivity index (χ4v) is 4.35. The highest BCUT2D eigenvalue weighted by molar-refractivity contribution is 6.67. The number of rotatable bonds is 0. The zero-order valence-electron chi connectivity index (χ0n) is 10.7. The van der Waals surface area contributed by atoms with Gasteiger partial charge in [0.1, 0.15) is 0 Å². The molecule has 2 aliphatic rings. The summed E-state index contributed by atoms with van der Waals surface area (Å²) in [6.07, 6.45) is 4.01. The van der Waals surface area contributed by atoms with Crippen molar-refractivity contribution in [2.24, 2.45) is 21.6 Å². The molecule has 2 rings (SSSR count). The van der Waals surface area contributed by atoms with E-state index in [0.717, 1.165) is 44.4 Å². The smallest absolute Gasteiger partial charge is 0.346 e. The molecule has 0 aliphatic carbocycles. The number of hydrogen-bond acceptors (Lipinski definition) is 6. The summed E-state index contributed by atoms with van der Waals surface area (Å²) in [6.45, 7) is 0.319. The Balaban J connectivity index is 0.000000171. The quantitative estimate of drug-likeness (QED) is 0.430. The van der Waals surface area contributed by atoms with E-state index in [1.54, 1.807) is 0 Å². The van der Waals surface area contributed by atoms with Gasteiger partial charge in [-0.3, -0.25) is 0 Å². The number of nitrogens with two attached hydrogens (primary N) is 4. The highest BCUT2D eigenvalue weighted by Gasteiger charge is 2.28. The predicted molar refractivity (Wildman–Crippen MR) is 68.2 cm³/mol. The van der Waals surface area contributed by atoms with Gasteiger partial charge in [-0.05, 0) is 37.8 Å². The maximum atomic E-state index is 7.18. The van der Waals surface area contributed by atoms with E-state index in [0.29, 0.717) is 0 Å². The molecule has 2 saturated heterocycles. The largest absolute Gasteiger partial charge is 0.392 e. The van der Waals surface area contributed by atoms with Crippen LogP contribution in [0.25, 0.3) is 0 Å². The molecule has 0 spiro atoms. The summed E-state index contributed by atoms with van der Waals surface area (Å²) >= 11 is 0. The first-order chi connectivity index (χ1) is 7.81. The topological polar surface area (TPSA) is 123 Å². The number of hydrogen-bond donors (Lipinski definition) is 4. The van der Waals surface area contributed by atoms with E-state index in [1.807, 2.05) is 0 Å². The lowest BCUT2D eigenvalue weighted by Crippen LogP contribution is -2.60. The Labute approximate surface area is 101 Å². The Morgan fingerprint density at radius 1 is 0.812 bits per heavy atom. The molecule has 0 amide bonds. The molecule has 0 aromatic heterocycles. The van der Waals surface area contributed by atoms with Crippen molar-refractivity contribution in [3.8, 4) is 0 Å². The first-order valence-corrected chi connectivity index (χ1v) is 10.2. The van der Waals surface area contributed by atoms with Gasteiger partial charge in [0.25, 0.3) is 0 Å². The minimum Gasteiger partial charge on any atom is -0.392 e. The molecule has 0 saturated carbocycles. The van der Waals surface area contributed by atoms with Crippen LogP contribution < -0.4 is 21.6 Å². The first-order valence-electron chi connectivity index (χ1n) is 6.28. The van der Waals surface area contributed by atoms with Crippen LogP contribution in [0.15, 0.2) is 0 Å². The molecule has 8 heteroatoms. The van der Waals surface area contributed by atoms with E-state index >= 15 is 0 Å². The lowest BCUT2D eigenvalue weighted by Gasteiger charge is -2.25. The predicted octanol–water partition coefficient (Wildman–Crippen LogP) is -0.694. The van der Waals surface area contributed by atoms with Gasteiger partial charge in [-0.1, -0.05) is 0 Å². The molecule has 2 heterocycles. The second-order valence-corrected chi connectivity index (χ2v) is 9.74. The fraction of sp³-hybridized carbons (Fsp3) is 1.00. The van der Waals surface area contributed by atoms with Crippen molar-refractivity contribution in [3.63, 3.8) is 0 Å². The standard InChI is InChI=1S/2C4H12N2OSi/c2*5-8(6)4-2-1-3-7-8/h2*1-6H2/i3D;.